The van der Waals surface area contributed by atoms with Gasteiger partial charge in [0.1, 0.15) is 34.9 Å². The van der Waals surface area contributed by atoms with Gasteiger partial charge in [0.25, 0.3) is 5.91 Å². The van der Waals surface area contributed by atoms with Crippen LogP contribution < -0.4 is 4.74 Å². The quantitative estimate of drug-likeness (QED) is 0.386. The number of rotatable bonds is 7. The van der Waals surface area contributed by atoms with E-state index < -0.39 is 0 Å². The molecule has 0 aliphatic carbocycles. The van der Waals surface area contributed by atoms with Gasteiger partial charge >= 0.3 is 0 Å². The second-order valence-corrected chi connectivity index (χ2v) is 9.05. The molecule has 0 unspecified atom stereocenters. The first-order chi connectivity index (χ1) is 17.9. The Kier molecular flexibility index (Phi) is 6.44. The van der Waals surface area contributed by atoms with Crippen LogP contribution >= 0.6 is 0 Å². The van der Waals surface area contributed by atoms with Crippen LogP contribution in [0.15, 0.2) is 36.8 Å². The summed E-state index contributed by atoms with van der Waals surface area (Å²) in [6.45, 7) is 9.50. The maximum absolute atomic E-state index is 13.8. The molecular weight excluding hydrogens is 468 g/mol. The van der Waals surface area contributed by atoms with E-state index in [0.29, 0.717) is 61.1 Å². The number of carbonyl (C=O) groups excluding carboxylic acids is 1. The first-order valence-corrected chi connectivity index (χ1v) is 12.2. The van der Waals surface area contributed by atoms with Gasteiger partial charge in [0.2, 0.25) is 0 Å². The number of benzene rings is 1. The zero-order chi connectivity index (χ0) is 26.1. The lowest BCUT2D eigenvalue weighted by atomic mass is 9.94. The molecule has 4 aromatic rings. The fourth-order valence-electron chi connectivity index (χ4n) is 4.75. The van der Waals surface area contributed by atoms with Crippen LogP contribution in [0.4, 0.5) is 0 Å². The lowest BCUT2D eigenvalue weighted by Gasteiger charge is -2.30. The molecule has 1 aliphatic heterocycles. The molecule has 10 nitrogen and oxygen atoms in total. The number of aromatic nitrogens is 6. The lowest BCUT2D eigenvalue weighted by molar-refractivity contribution is 0.0724. The summed E-state index contributed by atoms with van der Waals surface area (Å²) in [6.07, 6.45) is 5.88. The van der Waals surface area contributed by atoms with Crippen molar-refractivity contribution >= 4 is 5.91 Å². The van der Waals surface area contributed by atoms with Crippen LogP contribution in [-0.2, 0) is 19.5 Å². The summed E-state index contributed by atoms with van der Waals surface area (Å²) in [6, 6.07) is 7.92. The molecule has 0 saturated carbocycles. The van der Waals surface area contributed by atoms with E-state index in [1.165, 1.54) is 6.20 Å². The fourth-order valence-corrected chi connectivity index (χ4v) is 4.75. The highest BCUT2D eigenvalue weighted by atomic mass is 16.5. The maximum Gasteiger partial charge on any atom is 0.254 e. The standard InChI is InChI=1S/C27H28N8O2/c1-5-37-26-12-22(30-14-21(26)13-28)16-34-8-6-23-24(27(34)36)10-20(15-33-9-7-29-18(33)3)11-25(23)35-19(4)31-17(2)32-35/h7,9-12,14H,5-6,8,15-16H2,1-4H3. The van der Waals surface area contributed by atoms with E-state index in [1.54, 1.807) is 17.2 Å². The number of pyridine rings is 1. The van der Waals surface area contributed by atoms with Gasteiger partial charge in [-0.1, -0.05) is 0 Å². The van der Waals surface area contributed by atoms with Crippen LogP contribution in [0.1, 0.15) is 57.1 Å². The first kappa shape index (κ1) is 24.2. The molecule has 10 heteroatoms. The molecule has 0 fully saturated rings. The zero-order valence-electron chi connectivity index (χ0n) is 21.4. The monoisotopic (exact) mass is 496 g/mol. The van der Waals surface area contributed by atoms with Crippen LogP contribution in [0.3, 0.4) is 0 Å². The summed E-state index contributed by atoms with van der Waals surface area (Å²) >= 11 is 0. The fraction of sp³-hybridized carbons (Fsp3) is 0.333. The molecular formula is C27H28N8O2. The van der Waals surface area contributed by atoms with Crippen molar-refractivity contribution in [1.29, 1.82) is 5.26 Å². The van der Waals surface area contributed by atoms with Crippen molar-refractivity contribution < 1.29 is 9.53 Å². The molecule has 4 heterocycles. The predicted octanol–water partition coefficient (Wildman–Crippen LogP) is 3.30. The van der Waals surface area contributed by atoms with Crippen LogP contribution in [0.5, 0.6) is 5.75 Å². The molecule has 0 radical (unpaired) electrons. The van der Waals surface area contributed by atoms with E-state index in [2.05, 4.69) is 32.2 Å². The Hall–Kier alpha value is -4.52. The van der Waals surface area contributed by atoms with E-state index in [4.69, 9.17) is 4.74 Å². The Balaban J connectivity index is 1.53. The Bertz CT molecular complexity index is 1530. The van der Waals surface area contributed by atoms with Crippen molar-refractivity contribution in [3.8, 4) is 17.5 Å². The van der Waals surface area contributed by atoms with Crippen molar-refractivity contribution in [3.63, 3.8) is 0 Å². The van der Waals surface area contributed by atoms with Gasteiger partial charge in [-0.25, -0.2) is 14.6 Å². The Labute approximate surface area is 215 Å². The number of ether oxygens (including phenoxy) is 1. The summed E-state index contributed by atoms with van der Waals surface area (Å²) in [5.41, 5.74) is 4.53. The van der Waals surface area contributed by atoms with Gasteiger partial charge in [0, 0.05) is 43.3 Å². The largest absolute Gasteiger partial charge is 0.492 e. The highest BCUT2D eigenvalue weighted by Gasteiger charge is 2.29. The maximum atomic E-state index is 13.8. The summed E-state index contributed by atoms with van der Waals surface area (Å²) in [4.78, 5) is 28.8. The van der Waals surface area contributed by atoms with Gasteiger partial charge in [-0.3, -0.25) is 9.78 Å². The second-order valence-electron chi connectivity index (χ2n) is 9.05. The summed E-state index contributed by atoms with van der Waals surface area (Å²) in [5, 5.41) is 13.9. The van der Waals surface area contributed by atoms with Gasteiger partial charge in [0.05, 0.1) is 24.5 Å². The number of carbonyl (C=O) groups is 1. The summed E-state index contributed by atoms with van der Waals surface area (Å²) < 4.78 is 9.48. The van der Waals surface area contributed by atoms with Crippen molar-refractivity contribution in [2.45, 2.75) is 47.2 Å². The highest BCUT2D eigenvalue weighted by molar-refractivity contribution is 5.98. The molecule has 188 valence electrons. The smallest absolute Gasteiger partial charge is 0.254 e. The number of nitriles is 1. The van der Waals surface area contributed by atoms with E-state index >= 15 is 0 Å². The average Bonchev–Trinajstić information content (AvgIpc) is 3.44. The summed E-state index contributed by atoms with van der Waals surface area (Å²) in [7, 11) is 0. The van der Waals surface area contributed by atoms with E-state index in [0.717, 1.165) is 28.5 Å². The third-order valence-electron chi connectivity index (χ3n) is 6.51. The molecule has 0 bridgehead atoms. The number of aryl methyl sites for hydroxylation is 3. The van der Waals surface area contributed by atoms with Gasteiger partial charge in [-0.05, 0) is 57.4 Å². The van der Waals surface area contributed by atoms with E-state index in [9.17, 15) is 10.1 Å². The van der Waals surface area contributed by atoms with Crippen LogP contribution in [0.2, 0.25) is 0 Å². The molecule has 5 rings (SSSR count). The topological polar surface area (TPSA) is 115 Å². The SMILES string of the molecule is CCOc1cc(CN2CCc3c(cc(Cn4ccnc4C)cc3-n3nc(C)nc3C)C2=O)ncc1C#N. The minimum absolute atomic E-state index is 0.0645. The second kappa shape index (κ2) is 9.85. The van der Waals surface area contributed by atoms with Gasteiger partial charge in [-0.15, -0.1) is 0 Å². The first-order valence-electron chi connectivity index (χ1n) is 12.2. The van der Waals surface area contributed by atoms with Gasteiger partial charge < -0.3 is 14.2 Å². The number of hydrogen-bond acceptors (Lipinski definition) is 7. The van der Waals surface area contributed by atoms with E-state index in [-0.39, 0.29) is 5.91 Å². The Morgan fingerprint density at radius 2 is 1.95 bits per heavy atom. The van der Waals surface area contributed by atoms with Crippen LogP contribution in [0.25, 0.3) is 5.69 Å². The lowest BCUT2D eigenvalue weighted by Crippen LogP contribution is -2.38. The van der Waals surface area contributed by atoms with Crippen molar-refractivity contribution in [2.24, 2.45) is 0 Å². The third kappa shape index (κ3) is 4.68. The van der Waals surface area contributed by atoms with Crippen LogP contribution in [-0.4, -0.2) is 53.3 Å². The zero-order valence-corrected chi connectivity index (χ0v) is 21.4. The minimum Gasteiger partial charge on any atom is -0.492 e. The molecule has 0 atom stereocenters. The van der Waals surface area contributed by atoms with Gasteiger partial charge in [-0.2, -0.15) is 10.4 Å². The predicted molar refractivity (Wildman–Crippen MR) is 135 cm³/mol. The molecule has 0 spiro atoms. The number of imidazole rings is 1. The van der Waals surface area contributed by atoms with Crippen LogP contribution in [0, 0.1) is 32.1 Å². The van der Waals surface area contributed by atoms with Crippen molar-refractivity contribution in [1.82, 2.24) is 34.2 Å². The molecule has 37 heavy (non-hydrogen) atoms. The Morgan fingerprint density at radius 3 is 2.62 bits per heavy atom. The highest BCUT2D eigenvalue weighted by Crippen LogP contribution is 2.29. The van der Waals surface area contributed by atoms with Crippen molar-refractivity contribution in [3.05, 3.63) is 82.2 Å². The van der Waals surface area contributed by atoms with Crippen molar-refractivity contribution in [2.75, 3.05) is 13.2 Å². The molecule has 0 N–H and O–H groups in total. The normalized spacial score (nSPS) is 12.9. The molecule has 3 aromatic heterocycles. The number of hydrogen-bond donors (Lipinski definition) is 0. The molecule has 0 saturated heterocycles. The van der Waals surface area contributed by atoms with E-state index in [1.807, 2.05) is 49.2 Å². The van der Waals surface area contributed by atoms with Gasteiger partial charge in [0.15, 0.2) is 0 Å². The number of fused-ring (bicyclic) bond motifs is 1. The Morgan fingerprint density at radius 1 is 1.11 bits per heavy atom. The molecule has 1 amide bonds. The molecule has 1 aliphatic rings. The number of amides is 1. The number of nitrogens with zero attached hydrogens (tertiary/aromatic N) is 8. The average molecular weight is 497 g/mol. The minimum atomic E-state index is -0.0645. The molecule has 1 aromatic carbocycles. The summed E-state index contributed by atoms with van der Waals surface area (Å²) in [5.74, 6) is 2.78. The third-order valence-corrected chi connectivity index (χ3v) is 6.51.